The molecular weight excluding hydrogens is 403 g/mol. The van der Waals surface area contributed by atoms with Gasteiger partial charge >= 0.3 is 0 Å². The van der Waals surface area contributed by atoms with Gasteiger partial charge in [-0.1, -0.05) is 38.0 Å². The average molecular weight is 427 g/mol. The highest BCUT2D eigenvalue weighted by Crippen LogP contribution is 2.29. The van der Waals surface area contributed by atoms with E-state index in [2.05, 4.69) is 21.7 Å². The molecule has 0 saturated carbocycles. The van der Waals surface area contributed by atoms with Crippen molar-refractivity contribution < 1.29 is 13.0 Å². The van der Waals surface area contributed by atoms with E-state index in [9.17, 15) is 8.60 Å². The van der Waals surface area contributed by atoms with Crippen LogP contribution in [0.4, 0.5) is 4.39 Å². The Labute approximate surface area is 176 Å². The molecule has 4 rings (SSSR count). The maximum absolute atomic E-state index is 14.1. The minimum atomic E-state index is -1.42. The highest BCUT2D eigenvalue weighted by atomic mass is 32.2. The number of furan rings is 1. The van der Waals surface area contributed by atoms with E-state index in [4.69, 9.17) is 4.42 Å². The summed E-state index contributed by atoms with van der Waals surface area (Å²) in [5.74, 6) is 0.211. The number of rotatable bonds is 9. The van der Waals surface area contributed by atoms with E-state index in [1.165, 1.54) is 6.07 Å². The normalized spacial score (nSPS) is 12.5. The van der Waals surface area contributed by atoms with Gasteiger partial charge in [0, 0.05) is 18.3 Å². The van der Waals surface area contributed by atoms with Gasteiger partial charge in [-0.25, -0.2) is 23.0 Å². The first-order valence-corrected chi connectivity index (χ1v) is 11.1. The Bertz CT molecular complexity index is 1170. The van der Waals surface area contributed by atoms with E-state index in [1.807, 2.05) is 12.1 Å². The lowest BCUT2D eigenvalue weighted by atomic mass is 10.2. The van der Waals surface area contributed by atoms with Gasteiger partial charge < -0.3 is 4.42 Å². The summed E-state index contributed by atoms with van der Waals surface area (Å²) < 4.78 is 37.0. The van der Waals surface area contributed by atoms with E-state index in [1.54, 1.807) is 41.2 Å². The van der Waals surface area contributed by atoms with Gasteiger partial charge in [0.05, 0.1) is 11.9 Å². The van der Waals surface area contributed by atoms with Gasteiger partial charge in [-0.05, 0) is 36.8 Å². The quantitative estimate of drug-likeness (QED) is 0.395. The van der Waals surface area contributed by atoms with Gasteiger partial charge in [-0.15, -0.1) is 0 Å². The molecule has 4 aromatic rings. The predicted octanol–water partition coefficient (Wildman–Crippen LogP) is 4.68. The number of halogens is 1. The molecule has 8 heteroatoms. The highest BCUT2D eigenvalue weighted by Gasteiger charge is 2.18. The first kappa shape index (κ1) is 20.4. The van der Waals surface area contributed by atoms with E-state index in [-0.39, 0.29) is 12.4 Å². The van der Waals surface area contributed by atoms with Gasteiger partial charge in [0.1, 0.15) is 11.5 Å². The van der Waals surface area contributed by atoms with Gasteiger partial charge in [0.2, 0.25) is 5.09 Å². The van der Waals surface area contributed by atoms with Crippen LogP contribution in [0.3, 0.4) is 0 Å². The van der Waals surface area contributed by atoms with Crippen molar-refractivity contribution in [2.45, 2.75) is 37.8 Å². The molecule has 6 nitrogen and oxygen atoms in total. The Morgan fingerprint density at radius 2 is 2.00 bits per heavy atom. The lowest BCUT2D eigenvalue weighted by molar-refractivity contribution is 0.473. The zero-order chi connectivity index (χ0) is 20.9. The van der Waals surface area contributed by atoms with E-state index in [0.29, 0.717) is 34.3 Å². The van der Waals surface area contributed by atoms with Crippen LogP contribution in [0.5, 0.6) is 0 Å². The van der Waals surface area contributed by atoms with Crippen LogP contribution >= 0.6 is 0 Å². The number of nitrogens with one attached hydrogen (secondary N) is 1. The maximum atomic E-state index is 14.1. The second-order valence-electron chi connectivity index (χ2n) is 6.96. The molecule has 1 atom stereocenters. The molecular formula is C22H23FN4O2S. The lowest BCUT2D eigenvalue weighted by Gasteiger charge is -2.04. The lowest BCUT2D eigenvalue weighted by Crippen LogP contribution is -2.18. The van der Waals surface area contributed by atoms with Crippen LogP contribution in [0.2, 0.25) is 0 Å². The number of nitrogens with zero attached hydrogens (tertiary/aromatic N) is 3. The van der Waals surface area contributed by atoms with Gasteiger partial charge in [-0.2, -0.15) is 5.10 Å². The van der Waals surface area contributed by atoms with Crippen molar-refractivity contribution in [1.29, 1.82) is 0 Å². The number of hydrogen-bond donors (Lipinski definition) is 1. The molecule has 0 saturated heterocycles. The van der Waals surface area contributed by atoms with Crippen molar-refractivity contribution >= 4 is 22.0 Å². The SMILES string of the molecule is CCCCCNS(=O)c1ccc(-c2nn(Cc3ccccc3F)c3ncccc23)o1. The van der Waals surface area contributed by atoms with Crippen molar-refractivity contribution in [3.8, 4) is 11.5 Å². The van der Waals surface area contributed by atoms with Crippen molar-refractivity contribution in [2.24, 2.45) is 0 Å². The molecule has 0 aliphatic rings. The Balaban J connectivity index is 1.62. The van der Waals surface area contributed by atoms with E-state index in [0.717, 1.165) is 24.6 Å². The molecule has 3 heterocycles. The Hall–Kier alpha value is -2.84. The van der Waals surface area contributed by atoms with Gasteiger partial charge in [-0.3, -0.25) is 0 Å². The van der Waals surface area contributed by atoms with Crippen LogP contribution < -0.4 is 4.72 Å². The largest absolute Gasteiger partial charge is 0.444 e. The van der Waals surface area contributed by atoms with Gasteiger partial charge in [0.25, 0.3) is 0 Å². The summed E-state index contributed by atoms with van der Waals surface area (Å²) in [5, 5.41) is 5.77. The zero-order valence-electron chi connectivity index (χ0n) is 16.7. The number of hydrogen-bond acceptors (Lipinski definition) is 4. The van der Waals surface area contributed by atoms with Crippen LogP contribution in [-0.4, -0.2) is 25.5 Å². The summed E-state index contributed by atoms with van der Waals surface area (Å²) in [6.45, 7) is 3.04. The minimum Gasteiger partial charge on any atom is -0.444 e. The third-order valence-corrected chi connectivity index (χ3v) is 5.85. The molecule has 1 aromatic carbocycles. The monoisotopic (exact) mass is 426 g/mol. The summed E-state index contributed by atoms with van der Waals surface area (Å²) in [5.41, 5.74) is 1.74. The molecule has 0 spiro atoms. The first-order valence-electron chi connectivity index (χ1n) is 9.97. The van der Waals surface area contributed by atoms with Crippen molar-refractivity contribution in [1.82, 2.24) is 19.5 Å². The highest BCUT2D eigenvalue weighted by molar-refractivity contribution is 7.82. The summed E-state index contributed by atoms with van der Waals surface area (Å²) in [7, 11) is -1.42. The molecule has 1 unspecified atom stereocenters. The molecule has 156 valence electrons. The van der Waals surface area contributed by atoms with E-state index < -0.39 is 11.0 Å². The fourth-order valence-corrected chi connectivity index (χ4v) is 4.08. The molecule has 0 aliphatic heterocycles. The van der Waals surface area contributed by atoms with Crippen molar-refractivity contribution in [2.75, 3.05) is 6.54 Å². The van der Waals surface area contributed by atoms with Crippen LogP contribution in [0.25, 0.3) is 22.5 Å². The second kappa shape index (κ2) is 9.32. The molecule has 0 bridgehead atoms. The number of fused-ring (bicyclic) bond motifs is 1. The molecule has 0 aliphatic carbocycles. The first-order chi connectivity index (χ1) is 14.7. The van der Waals surface area contributed by atoms with Gasteiger partial charge in [0.15, 0.2) is 22.4 Å². The summed E-state index contributed by atoms with van der Waals surface area (Å²) in [6, 6.07) is 13.8. The summed E-state index contributed by atoms with van der Waals surface area (Å²) >= 11 is 0. The van der Waals surface area contributed by atoms with Crippen LogP contribution in [0.1, 0.15) is 31.7 Å². The zero-order valence-corrected chi connectivity index (χ0v) is 17.5. The second-order valence-corrected chi connectivity index (χ2v) is 8.19. The Morgan fingerprint density at radius 1 is 1.13 bits per heavy atom. The minimum absolute atomic E-state index is 0.249. The van der Waals surface area contributed by atoms with Crippen molar-refractivity contribution in [3.05, 3.63) is 66.1 Å². The fraction of sp³-hybridized carbons (Fsp3) is 0.273. The smallest absolute Gasteiger partial charge is 0.206 e. The Morgan fingerprint density at radius 3 is 2.83 bits per heavy atom. The van der Waals surface area contributed by atoms with Crippen LogP contribution in [0.15, 0.2) is 64.2 Å². The predicted molar refractivity (Wildman–Crippen MR) is 115 cm³/mol. The molecule has 0 fully saturated rings. The molecule has 0 radical (unpaired) electrons. The Kier molecular flexibility index (Phi) is 6.35. The molecule has 0 amide bonds. The standard InChI is InChI=1S/C22H23FN4O2S/c1-2-3-6-14-25-30(28)20-12-11-19(29-20)21-17-9-7-13-24-22(17)27(26-21)15-16-8-4-5-10-18(16)23/h4-5,7-13,25H,2-3,6,14-15H2,1H3. The third-order valence-electron chi connectivity index (χ3n) is 4.80. The molecule has 30 heavy (non-hydrogen) atoms. The molecule has 1 N–H and O–H groups in total. The number of aromatic nitrogens is 3. The molecule has 3 aromatic heterocycles. The fourth-order valence-electron chi connectivity index (χ4n) is 3.25. The summed E-state index contributed by atoms with van der Waals surface area (Å²) in [6.07, 6.45) is 4.84. The number of unbranched alkanes of at least 4 members (excludes halogenated alkanes) is 2. The average Bonchev–Trinajstić information content (AvgIpc) is 3.38. The number of benzene rings is 1. The summed E-state index contributed by atoms with van der Waals surface area (Å²) in [4.78, 5) is 4.42. The van der Waals surface area contributed by atoms with E-state index >= 15 is 0 Å². The van der Waals surface area contributed by atoms with Crippen molar-refractivity contribution in [3.63, 3.8) is 0 Å². The maximum Gasteiger partial charge on any atom is 0.206 e. The topological polar surface area (TPSA) is 73.0 Å². The van der Waals surface area contributed by atoms with Crippen LogP contribution in [0, 0.1) is 5.82 Å². The van der Waals surface area contributed by atoms with Crippen LogP contribution in [-0.2, 0) is 17.5 Å². The number of pyridine rings is 1. The third kappa shape index (κ3) is 4.34.